The number of hydrogen-bond donors (Lipinski definition) is 0. The average molecular weight is 178 g/mol. The first-order chi connectivity index (χ1) is 6.31. The molecule has 0 unspecified atom stereocenters. The minimum Gasteiger partial charge on any atom is -0.372 e. The highest BCUT2D eigenvalue weighted by molar-refractivity contribution is 5.52. The van der Waals surface area contributed by atoms with Gasteiger partial charge in [0.05, 0.1) is 0 Å². The fraction of sp³-hybridized carbons (Fsp3) is 0.400. The van der Waals surface area contributed by atoms with Crippen molar-refractivity contribution in [2.75, 3.05) is 18.0 Å². The highest BCUT2D eigenvalue weighted by atomic mass is 16.3. The maximum atomic E-state index is 10.2. The van der Waals surface area contributed by atoms with Gasteiger partial charge in [-0.2, -0.15) is 0 Å². The quantitative estimate of drug-likeness (QED) is 0.664. The van der Waals surface area contributed by atoms with Crippen molar-refractivity contribution in [3.8, 4) is 0 Å². The third-order valence-corrected chi connectivity index (χ3v) is 2.08. The van der Waals surface area contributed by atoms with Gasteiger partial charge in [0.1, 0.15) is 5.69 Å². The summed E-state index contributed by atoms with van der Waals surface area (Å²) in [5.41, 5.74) is 1.62. The van der Waals surface area contributed by atoms with Crippen LogP contribution in [0.15, 0.2) is 29.4 Å². The van der Waals surface area contributed by atoms with Gasteiger partial charge in [0.2, 0.25) is 0 Å². The summed E-state index contributed by atoms with van der Waals surface area (Å²) >= 11 is 0. The summed E-state index contributed by atoms with van der Waals surface area (Å²) in [4.78, 5) is 12.4. The van der Waals surface area contributed by atoms with E-state index in [9.17, 15) is 4.91 Å². The van der Waals surface area contributed by atoms with Crippen LogP contribution < -0.4 is 4.90 Å². The maximum Gasteiger partial charge on any atom is 0.108 e. The van der Waals surface area contributed by atoms with Gasteiger partial charge in [0.25, 0.3) is 0 Å². The van der Waals surface area contributed by atoms with Gasteiger partial charge in [-0.25, -0.2) is 0 Å². The Morgan fingerprint density at radius 3 is 2.08 bits per heavy atom. The Kier molecular flexibility index (Phi) is 3.43. The molecular weight excluding hydrogens is 164 g/mol. The molecule has 0 fully saturated rings. The van der Waals surface area contributed by atoms with E-state index in [0.29, 0.717) is 5.69 Å². The summed E-state index contributed by atoms with van der Waals surface area (Å²) in [7, 11) is 0. The van der Waals surface area contributed by atoms with Crippen molar-refractivity contribution < 1.29 is 0 Å². The molecule has 0 radical (unpaired) electrons. The van der Waals surface area contributed by atoms with Crippen LogP contribution in [0.25, 0.3) is 0 Å². The monoisotopic (exact) mass is 178 g/mol. The van der Waals surface area contributed by atoms with Crippen molar-refractivity contribution >= 4 is 11.4 Å². The molecule has 1 rings (SSSR count). The van der Waals surface area contributed by atoms with Crippen LogP contribution >= 0.6 is 0 Å². The molecule has 0 spiro atoms. The standard InChI is InChI=1S/C10H14N2O/c1-3-12(4-2)10-7-5-9(11-13)6-8-10/h5-8H,3-4H2,1-2H3. The van der Waals surface area contributed by atoms with Crippen molar-refractivity contribution in [1.29, 1.82) is 0 Å². The lowest BCUT2D eigenvalue weighted by molar-refractivity contribution is 0.866. The molecule has 1 aromatic carbocycles. The van der Waals surface area contributed by atoms with Gasteiger partial charge >= 0.3 is 0 Å². The third-order valence-electron chi connectivity index (χ3n) is 2.08. The fourth-order valence-electron chi connectivity index (χ4n) is 1.31. The predicted molar refractivity (Wildman–Crippen MR) is 55.5 cm³/mol. The van der Waals surface area contributed by atoms with Crippen LogP contribution in [0.4, 0.5) is 11.4 Å². The van der Waals surface area contributed by atoms with Crippen molar-refractivity contribution in [3.63, 3.8) is 0 Å². The molecule has 0 aliphatic rings. The second kappa shape index (κ2) is 4.60. The zero-order valence-electron chi connectivity index (χ0n) is 8.03. The molecule has 70 valence electrons. The highest BCUT2D eigenvalue weighted by Gasteiger charge is 2.00. The Hall–Kier alpha value is -1.38. The third kappa shape index (κ3) is 2.28. The lowest BCUT2D eigenvalue weighted by Crippen LogP contribution is -2.21. The van der Waals surface area contributed by atoms with E-state index in [2.05, 4.69) is 23.9 Å². The number of nitrogens with zero attached hydrogens (tertiary/aromatic N) is 2. The molecule has 0 saturated carbocycles. The average Bonchev–Trinajstić information content (AvgIpc) is 2.21. The van der Waals surface area contributed by atoms with E-state index in [-0.39, 0.29) is 0 Å². The molecule has 3 heteroatoms. The van der Waals surface area contributed by atoms with Crippen LogP contribution in [-0.2, 0) is 0 Å². The lowest BCUT2D eigenvalue weighted by Gasteiger charge is -2.20. The lowest BCUT2D eigenvalue weighted by atomic mass is 10.2. The van der Waals surface area contributed by atoms with Crippen molar-refractivity contribution in [3.05, 3.63) is 29.2 Å². The molecule has 0 N–H and O–H groups in total. The molecular formula is C10H14N2O. The van der Waals surface area contributed by atoms with Gasteiger partial charge < -0.3 is 4.90 Å². The van der Waals surface area contributed by atoms with E-state index in [1.165, 1.54) is 0 Å². The van der Waals surface area contributed by atoms with E-state index in [0.717, 1.165) is 18.8 Å². The van der Waals surface area contributed by atoms with Gasteiger partial charge in [-0.1, -0.05) is 0 Å². The van der Waals surface area contributed by atoms with Gasteiger partial charge in [0.15, 0.2) is 0 Å². The molecule has 0 bridgehead atoms. The van der Waals surface area contributed by atoms with Gasteiger partial charge in [0, 0.05) is 18.8 Å². The number of anilines is 1. The van der Waals surface area contributed by atoms with Gasteiger partial charge in [-0.15, -0.1) is 4.91 Å². The van der Waals surface area contributed by atoms with Crippen LogP contribution in [0.2, 0.25) is 0 Å². The van der Waals surface area contributed by atoms with Crippen molar-refractivity contribution in [1.82, 2.24) is 0 Å². The van der Waals surface area contributed by atoms with Crippen LogP contribution in [0.1, 0.15) is 13.8 Å². The van der Waals surface area contributed by atoms with Gasteiger partial charge in [-0.05, 0) is 43.3 Å². The summed E-state index contributed by atoms with van der Waals surface area (Å²) in [6.07, 6.45) is 0. The zero-order chi connectivity index (χ0) is 9.68. The zero-order valence-corrected chi connectivity index (χ0v) is 8.03. The summed E-state index contributed by atoms with van der Waals surface area (Å²) in [6, 6.07) is 7.31. The normalized spacial score (nSPS) is 9.69. The van der Waals surface area contributed by atoms with Crippen LogP contribution in [0, 0.1) is 4.91 Å². The van der Waals surface area contributed by atoms with E-state index in [4.69, 9.17) is 0 Å². The minimum absolute atomic E-state index is 0.482. The molecule has 1 aromatic rings. The molecule has 0 aromatic heterocycles. The van der Waals surface area contributed by atoms with E-state index < -0.39 is 0 Å². The largest absolute Gasteiger partial charge is 0.372 e. The van der Waals surface area contributed by atoms with E-state index in [1.807, 2.05) is 12.1 Å². The molecule has 13 heavy (non-hydrogen) atoms. The SMILES string of the molecule is CCN(CC)c1ccc(N=O)cc1. The molecule has 0 aliphatic heterocycles. The molecule has 0 heterocycles. The molecule has 0 atom stereocenters. The topological polar surface area (TPSA) is 32.7 Å². The maximum absolute atomic E-state index is 10.2. The smallest absolute Gasteiger partial charge is 0.108 e. The van der Waals surface area contributed by atoms with Gasteiger partial charge in [-0.3, -0.25) is 0 Å². The molecule has 0 aliphatic carbocycles. The van der Waals surface area contributed by atoms with E-state index in [1.54, 1.807) is 12.1 Å². The minimum atomic E-state index is 0.482. The van der Waals surface area contributed by atoms with Crippen LogP contribution in [0.3, 0.4) is 0 Å². The molecule has 0 amide bonds. The van der Waals surface area contributed by atoms with Crippen LogP contribution in [0.5, 0.6) is 0 Å². The number of nitroso groups, excluding NO2 is 1. The summed E-state index contributed by atoms with van der Waals surface area (Å²) in [5.74, 6) is 0. The highest BCUT2D eigenvalue weighted by Crippen LogP contribution is 2.18. The Morgan fingerprint density at radius 1 is 1.15 bits per heavy atom. The molecule has 0 saturated heterocycles. The second-order valence-corrected chi connectivity index (χ2v) is 2.78. The number of benzene rings is 1. The number of rotatable bonds is 4. The Bertz CT molecular complexity index is 265. The Balaban J connectivity index is 2.83. The summed E-state index contributed by atoms with van der Waals surface area (Å²) in [6.45, 7) is 6.17. The Labute approximate surface area is 78.3 Å². The second-order valence-electron chi connectivity index (χ2n) is 2.78. The first kappa shape index (κ1) is 9.71. The van der Waals surface area contributed by atoms with Crippen molar-refractivity contribution in [2.24, 2.45) is 5.18 Å². The van der Waals surface area contributed by atoms with Crippen molar-refractivity contribution in [2.45, 2.75) is 13.8 Å². The summed E-state index contributed by atoms with van der Waals surface area (Å²) < 4.78 is 0. The first-order valence-electron chi connectivity index (χ1n) is 4.50. The van der Waals surface area contributed by atoms with Crippen LogP contribution in [-0.4, -0.2) is 13.1 Å². The van der Waals surface area contributed by atoms with E-state index >= 15 is 0 Å². The summed E-state index contributed by atoms with van der Waals surface area (Å²) in [5, 5.41) is 2.85. The fourth-order valence-corrected chi connectivity index (χ4v) is 1.31. The first-order valence-corrected chi connectivity index (χ1v) is 4.50. The molecule has 3 nitrogen and oxygen atoms in total. The Morgan fingerprint density at radius 2 is 1.69 bits per heavy atom. The number of hydrogen-bond acceptors (Lipinski definition) is 3. The predicted octanol–water partition coefficient (Wildman–Crippen LogP) is 2.93.